The van der Waals surface area contributed by atoms with Crippen molar-refractivity contribution in [3.8, 4) is 5.75 Å². The van der Waals surface area contributed by atoms with Crippen LogP contribution in [0.5, 0.6) is 5.75 Å². The fraction of sp³-hybridized carbons (Fsp3) is 0.250. The minimum atomic E-state index is -0.103. The number of carbonyl (C=O) groups excluding carboxylic acids is 1. The van der Waals surface area contributed by atoms with Gasteiger partial charge in [0.2, 0.25) is 0 Å². The van der Waals surface area contributed by atoms with Gasteiger partial charge < -0.3 is 10.1 Å². The highest BCUT2D eigenvalue weighted by Crippen LogP contribution is 2.28. The molecule has 0 saturated heterocycles. The highest BCUT2D eigenvalue weighted by molar-refractivity contribution is 9.09. The SMILES string of the molecule is O=C1COc2ccc(C=CCCBr)cc2N1. The van der Waals surface area contributed by atoms with E-state index in [1.807, 2.05) is 24.3 Å². The van der Waals surface area contributed by atoms with Crippen LogP contribution in [0.4, 0.5) is 5.69 Å². The molecule has 0 aromatic heterocycles. The van der Waals surface area contributed by atoms with Crippen LogP contribution in [0.2, 0.25) is 0 Å². The molecule has 1 heterocycles. The van der Waals surface area contributed by atoms with Crippen molar-refractivity contribution in [1.29, 1.82) is 0 Å². The lowest BCUT2D eigenvalue weighted by Gasteiger charge is -2.17. The van der Waals surface area contributed by atoms with Gasteiger partial charge in [0.1, 0.15) is 5.75 Å². The first-order valence-corrected chi connectivity index (χ1v) is 6.21. The standard InChI is InChI=1S/C12H12BrNO2/c13-6-2-1-3-9-4-5-11-10(7-9)14-12(15)8-16-11/h1,3-5,7H,2,6,8H2,(H,14,15). The Hall–Kier alpha value is -1.29. The first-order valence-electron chi connectivity index (χ1n) is 5.09. The molecule has 1 aromatic carbocycles. The molecule has 4 heteroatoms. The summed E-state index contributed by atoms with van der Waals surface area (Å²) in [7, 11) is 0. The van der Waals surface area contributed by atoms with Crippen LogP contribution in [-0.4, -0.2) is 17.8 Å². The number of nitrogens with one attached hydrogen (secondary N) is 1. The maximum Gasteiger partial charge on any atom is 0.262 e. The average molecular weight is 282 g/mol. The molecule has 0 aliphatic carbocycles. The van der Waals surface area contributed by atoms with Gasteiger partial charge in [0.25, 0.3) is 5.91 Å². The predicted molar refractivity (Wildman–Crippen MR) is 68.0 cm³/mol. The minimum absolute atomic E-state index is 0.103. The van der Waals surface area contributed by atoms with Crippen molar-refractivity contribution in [3.63, 3.8) is 0 Å². The van der Waals surface area contributed by atoms with Crippen LogP contribution in [0.1, 0.15) is 12.0 Å². The molecular formula is C12H12BrNO2. The van der Waals surface area contributed by atoms with Crippen molar-refractivity contribution in [2.75, 3.05) is 17.3 Å². The molecule has 1 amide bonds. The number of ether oxygens (including phenoxy) is 1. The Morgan fingerprint density at radius 2 is 2.38 bits per heavy atom. The van der Waals surface area contributed by atoms with E-state index in [4.69, 9.17) is 4.74 Å². The first-order chi connectivity index (χ1) is 7.79. The minimum Gasteiger partial charge on any atom is -0.482 e. The molecule has 84 valence electrons. The van der Waals surface area contributed by atoms with Gasteiger partial charge in [-0.25, -0.2) is 0 Å². The third-order valence-electron chi connectivity index (χ3n) is 2.22. The van der Waals surface area contributed by atoms with Crippen molar-refractivity contribution in [1.82, 2.24) is 0 Å². The van der Waals surface area contributed by atoms with Gasteiger partial charge in [-0.15, -0.1) is 0 Å². The summed E-state index contributed by atoms with van der Waals surface area (Å²) in [4.78, 5) is 11.1. The molecule has 3 nitrogen and oxygen atoms in total. The maximum atomic E-state index is 11.1. The highest BCUT2D eigenvalue weighted by atomic mass is 79.9. The molecule has 0 bridgehead atoms. The summed E-state index contributed by atoms with van der Waals surface area (Å²) in [5.74, 6) is 0.631. The van der Waals surface area contributed by atoms with E-state index in [0.717, 1.165) is 28.8 Å². The van der Waals surface area contributed by atoms with Gasteiger partial charge in [0.05, 0.1) is 5.69 Å². The predicted octanol–water partition coefficient (Wildman–Crippen LogP) is 2.82. The maximum absolute atomic E-state index is 11.1. The van der Waals surface area contributed by atoms with E-state index in [-0.39, 0.29) is 12.5 Å². The van der Waals surface area contributed by atoms with Gasteiger partial charge in [-0.2, -0.15) is 0 Å². The Labute approximate surface area is 103 Å². The van der Waals surface area contributed by atoms with Crippen LogP contribution in [0.15, 0.2) is 24.3 Å². The van der Waals surface area contributed by atoms with E-state index >= 15 is 0 Å². The average Bonchev–Trinajstić information content (AvgIpc) is 2.29. The van der Waals surface area contributed by atoms with Crippen LogP contribution in [0.3, 0.4) is 0 Å². The van der Waals surface area contributed by atoms with Gasteiger partial charge in [0.15, 0.2) is 6.61 Å². The summed E-state index contributed by atoms with van der Waals surface area (Å²) in [6.45, 7) is 0.103. The van der Waals surface area contributed by atoms with E-state index in [1.165, 1.54) is 0 Å². The molecule has 0 spiro atoms. The molecular weight excluding hydrogens is 270 g/mol. The van der Waals surface area contributed by atoms with E-state index in [0.29, 0.717) is 0 Å². The number of allylic oxidation sites excluding steroid dienone is 1. The van der Waals surface area contributed by atoms with Gasteiger partial charge in [-0.3, -0.25) is 4.79 Å². The van der Waals surface area contributed by atoms with Crippen LogP contribution in [0.25, 0.3) is 6.08 Å². The third kappa shape index (κ3) is 2.64. The summed E-state index contributed by atoms with van der Waals surface area (Å²) in [6.07, 6.45) is 5.10. The normalized spacial score (nSPS) is 14.4. The number of fused-ring (bicyclic) bond motifs is 1. The van der Waals surface area contributed by atoms with Crippen LogP contribution >= 0.6 is 15.9 Å². The second kappa shape index (κ2) is 5.16. The Morgan fingerprint density at radius 1 is 1.50 bits per heavy atom. The van der Waals surface area contributed by atoms with Crippen molar-refractivity contribution in [2.45, 2.75) is 6.42 Å². The number of hydrogen-bond donors (Lipinski definition) is 1. The van der Waals surface area contributed by atoms with Crippen LogP contribution in [0, 0.1) is 0 Å². The zero-order valence-electron chi connectivity index (χ0n) is 8.70. The number of benzene rings is 1. The summed E-state index contributed by atoms with van der Waals surface area (Å²) >= 11 is 3.36. The lowest BCUT2D eigenvalue weighted by molar-refractivity contribution is -0.118. The Bertz CT molecular complexity index is 429. The fourth-order valence-electron chi connectivity index (χ4n) is 1.49. The lowest BCUT2D eigenvalue weighted by atomic mass is 10.1. The molecule has 0 fully saturated rings. The number of alkyl halides is 1. The fourth-order valence-corrected chi connectivity index (χ4v) is 1.75. The van der Waals surface area contributed by atoms with Crippen molar-refractivity contribution in [3.05, 3.63) is 29.8 Å². The number of carbonyl (C=O) groups is 1. The largest absolute Gasteiger partial charge is 0.482 e. The van der Waals surface area contributed by atoms with Crippen molar-refractivity contribution < 1.29 is 9.53 Å². The molecule has 2 rings (SSSR count). The zero-order valence-corrected chi connectivity index (χ0v) is 10.3. The van der Waals surface area contributed by atoms with E-state index in [9.17, 15) is 4.79 Å². The molecule has 0 radical (unpaired) electrons. The molecule has 16 heavy (non-hydrogen) atoms. The second-order valence-corrected chi connectivity index (χ2v) is 4.27. The van der Waals surface area contributed by atoms with Crippen LogP contribution in [-0.2, 0) is 4.79 Å². The molecule has 1 aromatic rings. The molecule has 1 aliphatic rings. The first kappa shape index (κ1) is 11.2. The quantitative estimate of drug-likeness (QED) is 0.866. The van der Waals surface area contributed by atoms with Gasteiger partial charge >= 0.3 is 0 Å². The van der Waals surface area contributed by atoms with Crippen LogP contribution < -0.4 is 10.1 Å². The lowest BCUT2D eigenvalue weighted by Crippen LogP contribution is -2.25. The number of hydrogen-bond acceptors (Lipinski definition) is 2. The molecule has 0 unspecified atom stereocenters. The summed E-state index contributed by atoms with van der Waals surface area (Å²) in [5, 5.41) is 3.74. The second-order valence-electron chi connectivity index (χ2n) is 3.47. The molecule has 0 saturated carbocycles. The smallest absolute Gasteiger partial charge is 0.262 e. The van der Waals surface area contributed by atoms with Gasteiger partial charge in [-0.1, -0.05) is 34.1 Å². The topological polar surface area (TPSA) is 38.3 Å². The van der Waals surface area contributed by atoms with Crippen molar-refractivity contribution >= 4 is 33.6 Å². The summed E-state index contributed by atoms with van der Waals surface area (Å²) in [5.41, 5.74) is 1.81. The summed E-state index contributed by atoms with van der Waals surface area (Å²) in [6, 6.07) is 5.76. The number of amides is 1. The van der Waals surface area contributed by atoms with Crippen molar-refractivity contribution in [2.24, 2.45) is 0 Å². The highest BCUT2D eigenvalue weighted by Gasteiger charge is 2.15. The number of rotatable bonds is 3. The number of anilines is 1. The molecule has 0 atom stereocenters. The number of halogens is 1. The summed E-state index contributed by atoms with van der Waals surface area (Å²) < 4.78 is 5.27. The Balaban J connectivity index is 2.18. The van der Waals surface area contributed by atoms with Gasteiger partial charge in [0, 0.05) is 5.33 Å². The van der Waals surface area contributed by atoms with E-state index in [1.54, 1.807) is 0 Å². The van der Waals surface area contributed by atoms with Gasteiger partial charge in [-0.05, 0) is 24.1 Å². The monoisotopic (exact) mass is 281 g/mol. The van der Waals surface area contributed by atoms with E-state index < -0.39 is 0 Å². The third-order valence-corrected chi connectivity index (χ3v) is 2.68. The Morgan fingerprint density at radius 3 is 3.19 bits per heavy atom. The zero-order chi connectivity index (χ0) is 11.4. The van der Waals surface area contributed by atoms with E-state index in [2.05, 4.69) is 27.3 Å². The Kier molecular flexibility index (Phi) is 3.62. The molecule has 1 N–H and O–H groups in total. The molecule has 1 aliphatic heterocycles.